The summed E-state index contributed by atoms with van der Waals surface area (Å²) in [5.74, 6) is 0. The maximum Gasteiger partial charge on any atom is 0.0934 e. The van der Waals surface area contributed by atoms with E-state index in [4.69, 9.17) is 11.6 Å². The summed E-state index contributed by atoms with van der Waals surface area (Å²) in [5, 5.41) is 8.22. The summed E-state index contributed by atoms with van der Waals surface area (Å²) in [6.07, 6.45) is 4.48. The normalized spacial score (nSPS) is 17.9. The lowest BCUT2D eigenvalue weighted by atomic mass is 10.1. The zero-order valence-corrected chi connectivity index (χ0v) is 13.7. The molecule has 0 saturated carbocycles. The van der Waals surface area contributed by atoms with E-state index in [1.165, 1.54) is 22.4 Å². The highest BCUT2D eigenvalue weighted by Gasteiger charge is 2.24. The Hall–Kier alpha value is -0.840. The van der Waals surface area contributed by atoms with Gasteiger partial charge in [0.1, 0.15) is 0 Å². The number of nitrogens with zero attached hydrogens (tertiary/aromatic N) is 2. The van der Waals surface area contributed by atoms with Gasteiger partial charge in [-0.2, -0.15) is 5.10 Å². The van der Waals surface area contributed by atoms with Crippen LogP contribution in [0.4, 0.5) is 0 Å². The van der Waals surface area contributed by atoms with Crippen LogP contribution in [-0.4, -0.2) is 9.78 Å². The number of hydrogen-bond donors (Lipinski definition) is 1. The fourth-order valence-corrected chi connectivity index (χ4v) is 4.09. The molecule has 1 aliphatic carbocycles. The molecule has 5 heteroatoms. The van der Waals surface area contributed by atoms with Gasteiger partial charge in [-0.05, 0) is 45.2 Å². The fraction of sp³-hybridized carbons (Fsp3) is 0.533. The molecular weight excluding hydrogens is 290 g/mol. The summed E-state index contributed by atoms with van der Waals surface area (Å²) >= 11 is 7.82. The maximum atomic E-state index is 6.10. The van der Waals surface area contributed by atoms with Crippen molar-refractivity contribution >= 4 is 22.9 Å². The van der Waals surface area contributed by atoms with Gasteiger partial charge < -0.3 is 5.32 Å². The SMILES string of the molecule is Cc1nn(C(C)C)cc1CNC1CCc2sc(Cl)cc21. The molecule has 1 N–H and O–H groups in total. The van der Waals surface area contributed by atoms with E-state index in [1.807, 2.05) is 4.68 Å². The van der Waals surface area contributed by atoms with Gasteiger partial charge in [0, 0.05) is 35.3 Å². The minimum absolute atomic E-state index is 0.413. The van der Waals surface area contributed by atoms with Crippen LogP contribution >= 0.6 is 22.9 Å². The van der Waals surface area contributed by atoms with Crippen molar-refractivity contribution in [2.24, 2.45) is 0 Å². The number of nitrogens with one attached hydrogen (secondary N) is 1. The van der Waals surface area contributed by atoms with Crippen LogP contribution in [0, 0.1) is 6.92 Å². The van der Waals surface area contributed by atoms with Crippen molar-refractivity contribution < 1.29 is 0 Å². The fourth-order valence-electron chi connectivity index (χ4n) is 2.73. The monoisotopic (exact) mass is 309 g/mol. The standard InChI is InChI=1S/C15H20ClN3S/c1-9(2)19-8-11(10(3)18-19)7-17-13-4-5-14-12(13)6-15(16)20-14/h6,8-9,13,17H,4-5,7H2,1-3H3. The Labute approximate surface area is 129 Å². The van der Waals surface area contributed by atoms with Crippen LogP contribution in [0.3, 0.4) is 0 Å². The molecule has 1 aliphatic rings. The molecule has 0 aromatic carbocycles. The summed E-state index contributed by atoms with van der Waals surface area (Å²) in [6, 6.07) is 2.98. The Morgan fingerprint density at radius 3 is 3.05 bits per heavy atom. The van der Waals surface area contributed by atoms with Gasteiger partial charge >= 0.3 is 0 Å². The van der Waals surface area contributed by atoms with Gasteiger partial charge in [-0.1, -0.05) is 11.6 Å². The van der Waals surface area contributed by atoms with Gasteiger partial charge in [-0.15, -0.1) is 11.3 Å². The van der Waals surface area contributed by atoms with E-state index in [-0.39, 0.29) is 0 Å². The number of halogens is 1. The molecule has 0 bridgehead atoms. The number of fused-ring (bicyclic) bond motifs is 1. The van der Waals surface area contributed by atoms with E-state index in [2.05, 4.69) is 43.4 Å². The Morgan fingerprint density at radius 1 is 1.55 bits per heavy atom. The number of aryl methyl sites for hydroxylation is 2. The average Bonchev–Trinajstić information content (AvgIpc) is 3.02. The second-order valence-corrected chi connectivity index (χ2v) is 7.48. The van der Waals surface area contributed by atoms with Crippen LogP contribution in [0.15, 0.2) is 12.3 Å². The summed E-state index contributed by atoms with van der Waals surface area (Å²) < 4.78 is 2.94. The predicted molar refractivity (Wildman–Crippen MR) is 84.6 cm³/mol. The lowest BCUT2D eigenvalue weighted by Crippen LogP contribution is -2.18. The lowest BCUT2D eigenvalue weighted by Gasteiger charge is -2.12. The smallest absolute Gasteiger partial charge is 0.0934 e. The first-order chi connectivity index (χ1) is 9.54. The van der Waals surface area contributed by atoms with Crippen LogP contribution in [0.2, 0.25) is 4.34 Å². The highest BCUT2D eigenvalue weighted by Crippen LogP contribution is 2.39. The van der Waals surface area contributed by atoms with E-state index < -0.39 is 0 Å². The molecule has 0 fully saturated rings. The minimum atomic E-state index is 0.413. The molecule has 0 radical (unpaired) electrons. The minimum Gasteiger partial charge on any atom is -0.306 e. The molecule has 108 valence electrons. The van der Waals surface area contributed by atoms with Gasteiger partial charge in [-0.25, -0.2) is 0 Å². The van der Waals surface area contributed by atoms with E-state index in [1.54, 1.807) is 11.3 Å². The van der Waals surface area contributed by atoms with E-state index >= 15 is 0 Å². The van der Waals surface area contributed by atoms with Crippen LogP contribution in [0.25, 0.3) is 0 Å². The Kier molecular flexibility index (Phi) is 3.89. The second-order valence-electron chi connectivity index (χ2n) is 5.71. The first-order valence-electron chi connectivity index (χ1n) is 7.10. The maximum absolute atomic E-state index is 6.10. The van der Waals surface area contributed by atoms with Gasteiger partial charge in [0.15, 0.2) is 0 Å². The van der Waals surface area contributed by atoms with Crippen molar-refractivity contribution in [3.63, 3.8) is 0 Å². The molecule has 1 unspecified atom stereocenters. The van der Waals surface area contributed by atoms with Gasteiger partial charge in [0.05, 0.1) is 10.0 Å². The molecule has 1 atom stereocenters. The highest BCUT2D eigenvalue weighted by atomic mass is 35.5. The molecule has 3 nitrogen and oxygen atoms in total. The number of aromatic nitrogens is 2. The van der Waals surface area contributed by atoms with E-state index in [9.17, 15) is 0 Å². The van der Waals surface area contributed by atoms with E-state index in [0.717, 1.165) is 23.0 Å². The van der Waals surface area contributed by atoms with Crippen molar-refractivity contribution in [2.75, 3.05) is 0 Å². The number of thiophene rings is 1. The average molecular weight is 310 g/mol. The molecule has 2 heterocycles. The van der Waals surface area contributed by atoms with Crippen LogP contribution in [-0.2, 0) is 13.0 Å². The van der Waals surface area contributed by atoms with Crippen molar-refractivity contribution in [3.8, 4) is 0 Å². The third-order valence-corrected chi connectivity index (χ3v) is 5.27. The summed E-state index contributed by atoms with van der Waals surface area (Å²) in [6.45, 7) is 7.26. The largest absolute Gasteiger partial charge is 0.306 e. The van der Waals surface area contributed by atoms with Gasteiger partial charge in [0.25, 0.3) is 0 Å². The third kappa shape index (κ3) is 2.65. The first kappa shape index (κ1) is 14.1. The third-order valence-electron chi connectivity index (χ3n) is 3.93. The first-order valence-corrected chi connectivity index (χ1v) is 8.30. The molecule has 3 rings (SSSR count). The van der Waals surface area contributed by atoms with Crippen molar-refractivity contribution in [2.45, 2.75) is 52.2 Å². The topological polar surface area (TPSA) is 29.9 Å². The quantitative estimate of drug-likeness (QED) is 0.914. The summed E-state index contributed by atoms with van der Waals surface area (Å²) in [4.78, 5) is 1.45. The van der Waals surface area contributed by atoms with E-state index in [0.29, 0.717) is 12.1 Å². The molecule has 0 aliphatic heterocycles. The molecule has 2 aromatic heterocycles. The Bertz CT molecular complexity index is 615. The lowest BCUT2D eigenvalue weighted by molar-refractivity contribution is 0.522. The van der Waals surface area contributed by atoms with Crippen LogP contribution in [0.5, 0.6) is 0 Å². The van der Waals surface area contributed by atoms with Crippen LogP contribution < -0.4 is 5.32 Å². The molecule has 0 saturated heterocycles. The molecule has 2 aromatic rings. The number of rotatable bonds is 4. The van der Waals surface area contributed by atoms with Crippen molar-refractivity contribution in [3.05, 3.63) is 38.3 Å². The molecule has 20 heavy (non-hydrogen) atoms. The molecular formula is C15H20ClN3S. The highest BCUT2D eigenvalue weighted by molar-refractivity contribution is 7.16. The number of hydrogen-bond acceptors (Lipinski definition) is 3. The Morgan fingerprint density at radius 2 is 2.35 bits per heavy atom. The summed E-state index contributed by atoms with van der Waals surface area (Å²) in [5.41, 5.74) is 3.80. The zero-order valence-electron chi connectivity index (χ0n) is 12.1. The van der Waals surface area contributed by atoms with Gasteiger partial charge in [-0.3, -0.25) is 4.68 Å². The van der Waals surface area contributed by atoms with Crippen molar-refractivity contribution in [1.82, 2.24) is 15.1 Å². The van der Waals surface area contributed by atoms with Crippen LogP contribution in [0.1, 0.15) is 54.0 Å². The molecule has 0 spiro atoms. The zero-order chi connectivity index (χ0) is 14.3. The molecule has 0 amide bonds. The summed E-state index contributed by atoms with van der Waals surface area (Å²) in [7, 11) is 0. The Balaban J connectivity index is 1.68. The second kappa shape index (κ2) is 5.51. The van der Waals surface area contributed by atoms with Gasteiger partial charge in [0.2, 0.25) is 0 Å². The van der Waals surface area contributed by atoms with Crippen molar-refractivity contribution in [1.29, 1.82) is 0 Å². The predicted octanol–water partition coefficient (Wildman–Crippen LogP) is 4.26.